The molecule has 336 valence electrons. The van der Waals surface area contributed by atoms with Gasteiger partial charge in [0.15, 0.2) is 0 Å². The lowest BCUT2D eigenvalue weighted by Gasteiger charge is -2.19. The summed E-state index contributed by atoms with van der Waals surface area (Å²) in [7, 11) is 0. The molecule has 0 aliphatic carbocycles. The summed E-state index contributed by atoms with van der Waals surface area (Å²) in [5.41, 5.74) is 0. The van der Waals surface area contributed by atoms with E-state index in [-0.39, 0.29) is 12.5 Å². The van der Waals surface area contributed by atoms with Gasteiger partial charge in [0.05, 0.1) is 18.8 Å². The average molecular weight is 800 g/mol. The Kier molecular flexibility index (Phi) is 47.8. The second-order valence-corrected chi connectivity index (χ2v) is 17.6. The van der Waals surface area contributed by atoms with Crippen molar-refractivity contribution in [1.29, 1.82) is 0 Å². The molecule has 2 unspecified atom stereocenters. The maximum Gasteiger partial charge on any atom is 0.220 e. The van der Waals surface area contributed by atoms with E-state index in [0.717, 1.165) is 32.1 Å². The van der Waals surface area contributed by atoms with Crippen molar-refractivity contribution >= 4 is 5.91 Å². The Morgan fingerprint density at radius 1 is 0.404 bits per heavy atom. The van der Waals surface area contributed by atoms with E-state index in [1.165, 1.54) is 225 Å². The van der Waals surface area contributed by atoms with Crippen molar-refractivity contribution in [3.8, 4) is 0 Å². The molecule has 0 aromatic carbocycles. The maximum absolute atomic E-state index is 12.4. The number of aliphatic hydroxyl groups excluding tert-OH is 2. The second-order valence-electron chi connectivity index (χ2n) is 17.6. The van der Waals surface area contributed by atoms with Gasteiger partial charge in [0.25, 0.3) is 0 Å². The average Bonchev–Trinajstić information content (AvgIpc) is 3.22. The quantitative estimate of drug-likeness (QED) is 0.0424. The molecule has 0 aromatic heterocycles. The number of allylic oxidation sites excluding steroid dienone is 5. The summed E-state index contributed by atoms with van der Waals surface area (Å²) in [5, 5.41) is 23.1. The first-order chi connectivity index (χ1) is 28.2. The largest absolute Gasteiger partial charge is 0.394 e. The molecule has 0 radical (unpaired) electrons. The predicted octanol–water partition coefficient (Wildman–Crippen LogP) is 16.5. The van der Waals surface area contributed by atoms with Gasteiger partial charge in [-0.25, -0.2) is 0 Å². The van der Waals surface area contributed by atoms with Crippen LogP contribution in [0.15, 0.2) is 36.5 Å². The summed E-state index contributed by atoms with van der Waals surface area (Å²) in [6.07, 6.45) is 65.7. The van der Waals surface area contributed by atoms with Crippen molar-refractivity contribution in [2.75, 3.05) is 6.61 Å². The minimum absolute atomic E-state index is 0.0709. The second kappa shape index (κ2) is 49.0. The van der Waals surface area contributed by atoms with Crippen LogP contribution in [0.5, 0.6) is 0 Å². The number of hydrogen-bond donors (Lipinski definition) is 3. The highest BCUT2D eigenvalue weighted by Crippen LogP contribution is 2.16. The molecule has 0 bridgehead atoms. The van der Waals surface area contributed by atoms with E-state index in [9.17, 15) is 15.0 Å². The fraction of sp³-hybridized carbons (Fsp3) is 0.868. The van der Waals surface area contributed by atoms with Gasteiger partial charge in [-0.05, 0) is 57.8 Å². The van der Waals surface area contributed by atoms with E-state index in [0.29, 0.717) is 6.42 Å². The van der Waals surface area contributed by atoms with Crippen molar-refractivity contribution < 1.29 is 15.0 Å². The number of nitrogens with one attached hydrogen (secondary N) is 1. The number of unbranched alkanes of at least 4 members (excludes halogenated alkanes) is 36. The fourth-order valence-electron chi connectivity index (χ4n) is 7.90. The monoisotopic (exact) mass is 800 g/mol. The molecule has 2 atom stereocenters. The van der Waals surface area contributed by atoms with Gasteiger partial charge < -0.3 is 15.5 Å². The number of carbonyl (C=O) groups excluding carboxylic acids is 1. The Balaban J connectivity index is 3.53. The van der Waals surface area contributed by atoms with Crippen LogP contribution < -0.4 is 5.32 Å². The summed E-state index contributed by atoms with van der Waals surface area (Å²) in [6, 6.07) is -0.638. The third-order valence-electron chi connectivity index (χ3n) is 11.8. The van der Waals surface area contributed by atoms with Crippen LogP contribution in [0.2, 0.25) is 0 Å². The Hall–Kier alpha value is -1.39. The Bertz CT molecular complexity index is 866. The molecule has 0 aromatic rings. The van der Waals surface area contributed by atoms with Crippen molar-refractivity contribution in [3.63, 3.8) is 0 Å². The first kappa shape index (κ1) is 55.6. The van der Waals surface area contributed by atoms with E-state index >= 15 is 0 Å². The summed E-state index contributed by atoms with van der Waals surface area (Å²) < 4.78 is 0. The zero-order chi connectivity index (χ0) is 41.4. The van der Waals surface area contributed by atoms with Gasteiger partial charge in [-0.2, -0.15) is 0 Å². The first-order valence-electron chi connectivity index (χ1n) is 25.7. The molecule has 4 heteroatoms. The van der Waals surface area contributed by atoms with Gasteiger partial charge in [0.2, 0.25) is 5.91 Å². The number of aliphatic hydroxyl groups is 2. The lowest BCUT2D eigenvalue weighted by Crippen LogP contribution is -2.45. The van der Waals surface area contributed by atoms with E-state index in [1.807, 2.05) is 6.08 Å². The van der Waals surface area contributed by atoms with Crippen LogP contribution in [0.1, 0.15) is 277 Å². The van der Waals surface area contributed by atoms with Crippen LogP contribution in [-0.2, 0) is 4.79 Å². The molecule has 0 saturated carbocycles. The van der Waals surface area contributed by atoms with Crippen molar-refractivity contribution in [2.45, 2.75) is 289 Å². The molecule has 0 fully saturated rings. The number of amides is 1. The zero-order valence-electron chi connectivity index (χ0n) is 38.6. The zero-order valence-corrected chi connectivity index (χ0v) is 38.6. The topological polar surface area (TPSA) is 69.6 Å². The van der Waals surface area contributed by atoms with Crippen molar-refractivity contribution in [1.82, 2.24) is 5.32 Å². The Labute approximate surface area is 357 Å². The molecular formula is C53H101NO3. The van der Waals surface area contributed by atoms with Gasteiger partial charge in [-0.3, -0.25) is 4.79 Å². The highest BCUT2D eigenvalue weighted by Gasteiger charge is 2.17. The summed E-state index contributed by atoms with van der Waals surface area (Å²) >= 11 is 0. The number of rotatable bonds is 47. The van der Waals surface area contributed by atoms with Gasteiger partial charge in [-0.15, -0.1) is 0 Å². The maximum atomic E-state index is 12.4. The summed E-state index contributed by atoms with van der Waals surface area (Å²) in [6.45, 7) is 4.32. The predicted molar refractivity (Wildman–Crippen MR) is 253 cm³/mol. The third kappa shape index (κ3) is 45.5. The molecule has 0 rings (SSSR count). The number of carbonyl (C=O) groups is 1. The van der Waals surface area contributed by atoms with E-state index < -0.39 is 12.1 Å². The Morgan fingerprint density at radius 2 is 0.684 bits per heavy atom. The van der Waals surface area contributed by atoms with E-state index in [1.54, 1.807) is 6.08 Å². The molecule has 0 aliphatic heterocycles. The van der Waals surface area contributed by atoms with Gasteiger partial charge >= 0.3 is 0 Å². The SMILES string of the molecule is CCCCCCCCCC/C=C\CCCCCCCCCCCCCCCC(=O)NC(CO)C(O)/C=C/CC/C=C/CCCCCCCCCCCCCCCC. The summed E-state index contributed by atoms with van der Waals surface area (Å²) in [4.78, 5) is 12.4. The molecule has 0 spiro atoms. The van der Waals surface area contributed by atoms with Gasteiger partial charge in [0, 0.05) is 6.42 Å². The molecule has 3 N–H and O–H groups in total. The lowest BCUT2D eigenvalue weighted by atomic mass is 10.0. The van der Waals surface area contributed by atoms with Gasteiger partial charge in [0.1, 0.15) is 0 Å². The minimum Gasteiger partial charge on any atom is -0.394 e. The minimum atomic E-state index is -0.861. The molecule has 4 nitrogen and oxygen atoms in total. The standard InChI is InChI=1S/C53H101NO3/c1-3-5-7-9-11-13-15-17-19-21-23-25-26-27-28-29-31-33-35-37-39-41-43-45-47-49-53(57)54-51(50-55)52(56)48-46-44-42-40-38-36-34-32-30-24-22-20-18-16-14-12-10-8-6-4-2/h21,23,38,40,46,48,51-52,55-56H,3-20,22,24-37,39,41-45,47,49-50H2,1-2H3,(H,54,57)/b23-21-,40-38+,48-46+. The first-order valence-corrected chi connectivity index (χ1v) is 25.7. The van der Waals surface area contributed by atoms with E-state index in [4.69, 9.17) is 0 Å². The molecule has 0 heterocycles. The van der Waals surface area contributed by atoms with Crippen molar-refractivity contribution in [3.05, 3.63) is 36.5 Å². The third-order valence-corrected chi connectivity index (χ3v) is 11.8. The highest BCUT2D eigenvalue weighted by atomic mass is 16.3. The van der Waals surface area contributed by atoms with Crippen LogP contribution in [0, 0.1) is 0 Å². The molecule has 0 saturated heterocycles. The van der Waals surface area contributed by atoms with Crippen LogP contribution >= 0.6 is 0 Å². The molecular weight excluding hydrogens is 699 g/mol. The molecule has 57 heavy (non-hydrogen) atoms. The number of hydrogen-bond acceptors (Lipinski definition) is 3. The van der Waals surface area contributed by atoms with Gasteiger partial charge in [-0.1, -0.05) is 249 Å². The van der Waals surface area contributed by atoms with Crippen molar-refractivity contribution in [2.24, 2.45) is 0 Å². The summed E-state index contributed by atoms with van der Waals surface area (Å²) in [5.74, 6) is -0.0709. The molecule has 1 amide bonds. The smallest absolute Gasteiger partial charge is 0.220 e. The fourth-order valence-corrected chi connectivity index (χ4v) is 7.90. The van der Waals surface area contributed by atoms with Crippen LogP contribution in [0.4, 0.5) is 0 Å². The van der Waals surface area contributed by atoms with E-state index in [2.05, 4.69) is 43.5 Å². The Morgan fingerprint density at radius 3 is 1.02 bits per heavy atom. The lowest BCUT2D eigenvalue weighted by molar-refractivity contribution is -0.123. The van der Waals surface area contributed by atoms with Crippen LogP contribution in [0.3, 0.4) is 0 Å². The highest BCUT2D eigenvalue weighted by molar-refractivity contribution is 5.76. The normalized spacial score (nSPS) is 13.1. The van der Waals surface area contributed by atoms with Crippen LogP contribution in [0.25, 0.3) is 0 Å². The molecule has 0 aliphatic rings. The van der Waals surface area contributed by atoms with Crippen LogP contribution in [-0.4, -0.2) is 34.9 Å².